The summed E-state index contributed by atoms with van der Waals surface area (Å²) in [6.45, 7) is -0.433. The molecule has 7 nitrogen and oxygen atoms in total. The number of nitrogens with zero attached hydrogens (tertiary/aromatic N) is 1. The minimum absolute atomic E-state index is 0.106. The maximum absolute atomic E-state index is 12.1. The Hall–Kier alpha value is -1.16. The number of carbonyl (C=O) groups is 2. The molecule has 21 heavy (non-hydrogen) atoms. The summed E-state index contributed by atoms with van der Waals surface area (Å²) >= 11 is 8.77. The van der Waals surface area contributed by atoms with E-state index in [2.05, 4.69) is 20.7 Å². The van der Waals surface area contributed by atoms with Gasteiger partial charge in [-0.3, -0.25) is 4.79 Å². The van der Waals surface area contributed by atoms with Crippen LogP contribution in [0.1, 0.15) is 10.4 Å². The van der Waals surface area contributed by atoms with E-state index in [4.69, 9.17) is 16.7 Å². The van der Waals surface area contributed by atoms with Crippen LogP contribution in [0.15, 0.2) is 21.5 Å². The van der Waals surface area contributed by atoms with Gasteiger partial charge in [0.25, 0.3) is 0 Å². The quantitative estimate of drug-likeness (QED) is 0.773. The fourth-order valence-electron chi connectivity index (χ4n) is 1.27. The Balaban J connectivity index is 3.15. The van der Waals surface area contributed by atoms with E-state index in [-0.39, 0.29) is 20.0 Å². The van der Waals surface area contributed by atoms with E-state index in [9.17, 15) is 18.0 Å². The molecule has 116 valence electrons. The van der Waals surface area contributed by atoms with Gasteiger partial charge in [-0.05, 0) is 28.1 Å². The molecule has 10 heteroatoms. The summed E-state index contributed by atoms with van der Waals surface area (Å²) in [5.74, 6) is -1.80. The summed E-state index contributed by atoms with van der Waals surface area (Å²) in [6.07, 6.45) is 0. The van der Waals surface area contributed by atoms with E-state index in [0.717, 1.165) is 12.1 Å². The predicted octanol–water partition coefficient (Wildman–Crippen LogP) is 1.17. The molecule has 0 heterocycles. The molecule has 0 atom stereocenters. The lowest BCUT2D eigenvalue weighted by molar-refractivity contribution is -0.127. The summed E-state index contributed by atoms with van der Waals surface area (Å²) in [5, 5.41) is 8.88. The summed E-state index contributed by atoms with van der Waals surface area (Å²) < 4.78 is 26.3. The number of carboxylic acids is 1. The van der Waals surface area contributed by atoms with Crippen molar-refractivity contribution in [3.05, 3.63) is 27.2 Å². The third kappa shape index (κ3) is 4.40. The van der Waals surface area contributed by atoms with Crippen LogP contribution in [-0.4, -0.2) is 50.9 Å². The van der Waals surface area contributed by atoms with Gasteiger partial charge in [-0.2, -0.15) is 0 Å². The zero-order chi connectivity index (χ0) is 16.4. The van der Waals surface area contributed by atoms with Gasteiger partial charge < -0.3 is 10.0 Å². The number of halogens is 2. The first kappa shape index (κ1) is 17.9. The first-order chi connectivity index (χ1) is 9.56. The zero-order valence-electron chi connectivity index (χ0n) is 11.1. The Morgan fingerprint density at radius 2 is 1.95 bits per heavy atom. The number of hydrogen-bond acceptors (Lipinski definition) is 4. The number of carbonyl (C=O) groups excluding carboxylic acids is 1. The first-order valence-corrected chi connectivity index (χ1v) is 8.14. The molecule has 1 rings (SSSR count). The highest BCUT2D eigenvalue weighted by molar-refractivity contribution is 9.10. The molecule has 0 spiro atoms. The fourth-order valence-corrected chi connectivity index (χ4v) is 3.10. The normalized spacial score (nSPS) is 11.2. The van der Waals surface area contributed by atoms with Gasteiger partial charge in [-0.1, -0.05) is 11.6 Å². The molecule has 0 saturated heterocycles. The average Bonchev–Trinajstić information content (AvgIpc) is 2.38. The Bertz CT molecular complexity index is 690. The molecule has 0 aliphatic heterocycles. The van der Waals surface area contributed by atoms with Gasteiger partial charge in [0, 0.05) is 18.6 Å². The number of carboxylic acid groups (broad SMARTS) is 1. The van der Waals surface area contributed by atoms with Crippen LogP contribution in [0, 0.1) is 0 Å². The molecular formula is C11H12BrClN2O5S. The second kappa shape index (κ2) is 6.73. The second-order valence-corrected chi connectivity index (χ2v) is 7.18. The number of amides is 1. The van der Waals surface area contributed by atoms with Gasteiger partial charge in [-0.25, -0.2) is 17.9 Å². The first-order valence-electron chi connectivity index (χ1n) is 5.48. The van der Waals surface area contributed by atoms with Crippen LogP contribution in [0.4, 0.5) is 0 Å². The van der Waals surface area contributed by atoms with Crippen LogP contribution in [0.25, 0.3) is 0 Å². The van der Waals surface area contributed by atoms with Crippen LogP contribution in [0.2, 0.25) is 5.02 Å². The lowest BCUT2D eigenvalue weighted by atomic mass is 10.2. The van der Waals surface area contributed by atoms with Crippen molar-refractivity contribution in [3.8, 4) is 0 Å². The zero-order valence-corrected chi connectivity index (χ0v) is 14.2. The number of hydrogen-bond donors (Lipinski definition) is 2. The minimum atomic E-state index is -4.03. The van der Waals surface area contributed by atoms with Gasteiger partial charge in [0.1, 0.15) is 0 Å². The number of likely N-dealkylation sites (N-methyl/N-ethyl adjacent to an activating group) is 1. The third-order valence-corrected chi connectivity index (χ3v) is 5.10. The molecule has 0 radical (unpaired) electrons. The van der Waals surface area contributed by atoms with Crippen LogP contribution < -0.4 is 4.72 Å². The summed E-state index contributed by atoms with van der Waals surface area (Å²) in [7, 11) is -1.07. The highest BCUT2D eigenvalue weighted by atomic mass is 79.9. The van der Waals surface area contributed by atoms with Crippen LogP contribution >= 0.6 is 27.5 Å². The highest BCUT2D eigenvalue weighted by Crippen LogP contribution is 2.29. The van der Waals surface area contributed by atoms with E-state index < -0.39 is 28.4 Å². The van der Waals surface area contributed by atoms with Crippen LogP contribution in [0.5, 0.6) is 0 Å². The van der Waals surface area contributed by atoms with Crippen LogP contribution in [0.3, 0.4) is 0 Å². The van der Waals surface area contributed by atoms with Gasteiger partial charge in [0.2, 0.25) is 15.9 Å². The van der Waals surface area contributed by atoms with Gasteiger partial charge in [-0.15, -0.1) is 0 Å². The minimum Gasteiger partial charge on any atom is -0.478 e. The van der Waals surface area contributed by atoms with E-state index in [0.29, 0.717) is 0 Å². The average molecular weight is 400 g/mol. The third-order valence-electron chi connectivity index (χ3n) is 2.45. The topological polar surface area (TPSA) is 104 Å². The van der Waals surface area contributed by atoms with Gasteiger partial charge in [0.15, 0.2) is 0 Å². The van der Waals surface area contributed by atoms with Crippen molar-refractivity contribution in [1.29, 1.82) is 0 Å². The molecule has 0 aliphatic rings. The van der Waals surface area contributed by atoms with Crippen molar-refractivity contribution in [2.45, 2.75) is 4.90 Å². The highest BCUT2D eigenvalue weighted by Gasteiger charge is 2.21. The molecule has 1 amide bonds. The lowest BCUT2D eigenvalue weighted by Gasteiger charge is -2.12. The molecule has 1 aromatic rings. The van der Waals surface area contributed by atoms with Gasteiger partial charge in [0.05, 0.1) is 22.0 Å². The van der Waals surface area contributed by atoms with Gasteiger partial charge >= 0.3 is 5.97 Å². The largest absolute Gasteiger partial charge is 0.478 e. The Morgan fingerprint density at radius 1 is 1.38 bits per heavy atom. The standard InChI is InChI=1S/C11H12BrClN2O5S/c1-15(2)9(16)5-14-21(19,20)6-3-7(11(17)18)10(13)8(12)4-6/h3-4,14H,5H2,1-2H3,(H,17,18). The maximum Gasteiger partial charge on any atom is 0.337 e. The smallest absolute Gasteiger partial charge is 0.337 e. The number of aromatic carboxylic acids is 1. The molecule has 1 aromatic carbocycles. The second-order valence-electron chi connectivity index (χ2n) is 4.18. The number of rotatable bonds is 5. The Labute approximate surface area is 135 Å². The molecule has 0 aromatic heterocycles. The lowest BCUT2D eigenvalue weighted by Crippen LogP contribution is -2.36. The molecule has 0 aliphatic carbocycles. The van der Waals surface area contributed by atoms with E-state index in [1.807, 2.05) is 0 Å². The summed E-state index contributed by atoms with van der Waals surface area (Å²) in [6, 6.07) is 2.09. The molecule has 0 unspecified atom stereocenters. The predicted molar refractivity (Wildman–Crippen MR) is 80.0 cm³/mol. The SMILES string of the molecule is CN(C)C(=O)CNS(=O)(=O)c1cc(Br)c(Cl)c(C(=O)O)c1. The fraction of sp³-hybridized carbons (Fsp3) is 0.273. The van der Waals surface area contributed by atoms with E-state index in [1.165, 1.54) is 19.0 Å². The van der Waals surface area contributed by atoms with Crippen molar-refractivity contribution in [2.24, 2.45) is 0 Å². The van der Waals surface area contributed by atoms with Crippen molar-refractivity contribution in [1.82, 2.24) is 9.62 Å². The van der Waals surface area contributed by atoms with Crippen LogP contribution in [-0.2, 0) is 14.8 Å². The van der Waals surface area contributed by atoms with Crippen molar-refractivity contribution in [3.63, 3.8) is 0 Å². The summed E-state index contributed by atoms with van der Waals surface area (Å²) in [5.41, 5.74) is -0.356. The van der Waals surface area contributed by atoms with Crippen molar-refractivity contribution < 1.29 is 23.1 Å². The molecule has 0 fully saturated rings. The number of benzene rings is 1. The molecule has 0 saturated carbocycles. The number of nitrogens with one attached hydrogen (secondary N) is 1. The maximum atomic E-state index is 12.1. The number of sulfonamides is 1. The monoisotopic (exact) mass is 398 g/mol. The molecular weight excluding hydrogens is 388 g/mol. The Kier molecular flexibility index (Phi) is 5.74. The molecule has 0 bridgehead atoms. The van der Waals surface area contributed by atoms with E-state index in [1.54, 1.807) is 0 Å². The van der Waals surface area contributed by atoms with Crippen molar-refractivity contribution >= 4 is 49.4 Å². The van der Waals surface area contributed by atoms with Crippen molar-refractivity contribution in [2.75, 3.05) is 20.6 Å². The summed E-state index contributed by atoms with van der Waals surface area (Å²) in [4.78, 5) is 23.3. The van der Waals surface area contributed by atoms with E-state index >= 15 is 0 Å². The molecule has 2 N–H and O–H groups in total. The Morgan fingerprint density at radius 3 is 2.43 bits per heavy atom.